The molecule has 0 aromatic carbocycles. The van der Waals surface area contributed by atoms with Crippen LogP contribution in [0.25, 0.3) is 0 Å². The molecule has 9 heavy (non-hydrogen) atoms. The Bertz CT molecular complexity index is 49.8. The summed E-state index contributed by atoms with van der Waals surface area (Å²) in [6.07, 6.45) is 0. The van der Waals surface area contributed by atoms with Crippen LogP contribution in [0.5, 0.6) is 0 Å². The van der Waals surface area contributed by atoms with E-state index in [0.717, 1.165) is 4.61 Å². The molecule has 3 nitrogen and oxygen atoms in total. The first-order valence-corrected chi connectivity index (χ1v) is 7.07. The molecule has 0 amide bonds. The Morgan fingerprint density at radius 1 is 1.56 bits per heavy atom. The molecule has 0 heterocycles. The number of hydrogen-bond donors (Lipinski definition) is 1. The van der Waals surface area contributed by atoms with Crippen LogP contribution < -0.4 is 26.8 Å². The van der Waals surface area contributed by atoms with Crippen molar-refractivity contribution in [2.75, 3.05) is 13.7 Å². The molecule has 0 radical (unpaired) electrons. The number of rotatable bonds is 6. The number of halogens is 2. The Labute approximate surface area is 79.2 Å². The summed E-state index contributed by atoms with van der Waals surface area (Å²) in [7, 11) is 0. The zero-order valence-electron chi connectivity index (χ0n) is 5.19. The summed E-state index contributed by atoms with van der Waals surface area (Å²) in [6.45, 7) is 2.16. The number of hydrogen-bond acceptors (Lipinski definition) is 3. The summed E-state index contributed by atoms with van der Waals surface area (Å²) < 4.78 is 2.69. The van der Waals surface area contributed by atoms with Crippen LogP contribution in [0.3, 0.4) is 0 Å². The van der Waals surface area contributed by atoms with Gasteiger partial charge in [0.15, 0.2) is 0 Å². The fraction of sp³-hybridized carbons (Fsp3) is 1.00. The van der Waals surface area contributed by atoms with Crippen molar-refractivity contribution in [3.05, 3.63) is 0 Å². The monoisotopic (exact) mass is 358 g/mol. The van der Waals surface area contributed by atoms with Gasteiger partial charge in [0.2, 0.25) is 0 Å². The minimum absolute atomic E-state index is 0.243. The molecule has 58 valence electrons. The van der Waals surface area contributed by atoms with Gasteiger partial charge >= 0.3 is 79.7 Å². The van der Waals surface area contributed by atoms with Gasteiger partial charge in [-0.15, -0.1) is 0 Å². The van der Waals surface area contributed by atoms with Gasteiger partial charge in [-0.25, -0.2) is 0 Å². The molecule has 0 rings (SSSR count). The Hall–Kier alpha value is 1.34. The Balaban J connectivity index is 2.60. The van der Waals surface area contributed by atoms with E-state index < -0.39 is 0 Å². The molecule has 0 fully saturated rings. The standard InChI is InChI=1S/C4H10I2NO2/c1-2-6-4-9-7-8-3-5/h7H,2-4H2,1H3/q-1. The molecule has 0 aromatic heterocycles. The van der Waals surface area contributed by atoms with E-state index in [0.29, 0.717) is 4.61 Å². The maximum atomic E-state index is 4.89. The molecular weight excluding hydrogens is 348 g/mol. The van der Waals surface area contributed by atoms with Crippen LogP contribution >= 0.6 is 22.6 Å². The molecular formula is C4H10I2NO2-. The third kappa shape index (κ3) is 9.34. The molecule has 0 saturated heterocycles. The fourth-order valence-electron chi connectivity index (χ4n) is 0.202. The van der Waals surface area contributed by atoms with E-state index in [9.17, 15) is 0 Å². The third-order valence-electron chi connectivity index (χ3n) is 0.493. The van der Waals surface area contributed by atoms with Crippen LogP contribution in [-0.4, -0.2) is 13.7 Å². The second-order valence-corrected chi connectivity index (χ2v) is 4.90. The first-order valence-electron chi connectivity index (χ1n) is 2.49. The zero-order chi connectivity index (χ0) is 6.95. The van der Waals surface area contributed by atoms with Gasteiger partial charge in [0.25, 0.3) is 0 Å². The first kappa shape index (κ1) is 10.3. The van der Waals surface area contributed by atoms with Crippen molar-refractivity contribution in [3.8, 4) is 0 Å². The summed E-state index contributed by atoms with van der Waals surface area (Å²) in [6, 6.07) is 0. The number of alkyl halides is 3. The topological polar surface area (TPSA) is 30.5 Å². The average molecular weight is 358 g/mol. The van der Waals surface area contributed by atoms with Crippen molar-refractivity contribution < 1.29 is 30.9 Å². The van der Waals surface area contributed by atoms with E-state index in [2.05, 4.69) is 35.2 Å². The molecule has 1 N–H and O–H groups in total. The van der Waals surface area contributed by atoms with Gasteiger partial charge in [0, 0.05) is 0 Å². The summed E-state index contributed by atoms with van der Waals surface area (Å²) in [5, 5.41) is 0. The van der Waals surface area contributed by atoms with Gasteiger partial charge in [-0.3, -0.25) is 0 Å². The second kappa shape index (κ2) is 9.34. The van der Waals surface area contributed by atoms with E-state index >= 15 is 0 Å². The van der Waals surface area contributed by atoms with Crippen molar-refractivity contribution in [2.24, 2.45) is 0 Å². The van der Waals surface area contributed by atoms with Crippen molar-refractivity contribution in [3.63, 3.8) is 0 Å². The van der Waals surface area contributed by atoms with E-state index in [-0.39, 0.29) is 21.2 Å². The molecule has 0 aliphatic rings. The summed E-state index contributed by atoms with van der Waals surface area (Å²) in [5.41, 5.74) is 2.39. The second-order valence-electron chi connectivity index (χ2n) is 1.05. The SMILES string of the molecule is CC[I-]CONOCI. The van der Waals surface area contributed by atoms with Crippen molar-refractivity contribution in [2.45, 2.75) is 6.92 Å². The van der Waals surface area contributed by atoms with Crippen LogP contribution in [0, 0.1) is 0 Å². The predicted molar refractivity (Wildman–Crippen MR) is 39.6 cm³/mol. The van der Waals surface area contributed by atoms with Crippen LogP contribution in [0.4, 0.5) is 0 Å². The molecule has 0 aliphatic heterocycles. The van der Waals surface area contributed by atoms with Crippen LogP contribution in [0.2, 0.25) is 0 Å². The van der Waals surface area contributed by atoms with Crippen LogP contribution in [0.15, 0.2) is 0 Å². The van der Waals surface area contributed by atoms with Crippen molar-refractivity contribution >= 4 is 22.6 Å². The molecule has 0 spiro atoms. The molecule has 0 aromatic rings. The van der Waals surface area contributed by atoms with Gasteiger partial charge in [-0.2, -0.15) is 0 Å². The molecule has 0 unspecified atom stereocenters. The van der Waals surface area contributed by atoms with E-state index in [1.807, 2.05) is 0 Å². The average Bonchev–Trinajstić information content (AvgIpc) is 1.89. The van der Waals surface area contributed by atoms with Gasteiger partial charge in [0.05, 0.1) is 0 Å². The van der Waals surface area contributed by atoms with Gasteiger partial charge in [0.1, 0.15) is 0 Å². The van der Waals surface area contributed by atoms with Crippen LogP contribution in [-0.2, 0) is 9.68 Å². The summed E-state index contributed by atoms with van der Waals surface area (Å²) in [4.78, 5) is 9.60. The van der Waals surface area contributed by atoms with E-state index in [1.165, 1.54) is 4.43 Å². The van der Waals surface area contributed by atoms with Crippen molar-refractivity contribution in [1.29, 1.82) is 0 Å². The predicted octanol–water partition coefficient (Wildman–Crippen LogP) is -2.10. The molecule has 0 atom stereocenters. The fourth-order valence-corrected chi connectivity index (χ4v) is 1.12. The molecule has 0 aliphatic carbocycles. The minimum atomic E-state index is 0.243. The van der Waals surface area contributed by atoms with E-state index in [4.69, 9.17) is 9.68 Å². The molecule has 0 bridgehead atoms. The molecule has 0 saturated carbocycles. The Morgan fingerprint density at radius 3 is 2.89 bits per heavy atom. The molecule has 5 heteroatoms. The Morgan fingerprint density at radius 2 is 2.33 bits per heavy atom. The third-order valence-corrected chi connectivity index (χ3v) is 2.64. The van der Waals surface area contributed by atoms with Gasteiger partial charge in [-0.05, 0) is 0 Å². The van der Waals surface area contributed by atoms with Crippen LogP contribution in [0.1, 0.15) is 6.92 Å². The Kier molecular flexibility index (Phi) is 10.7. The quantitative estimate of drug-likeness (QED) is 0.256. The first-order chi connectivity index (χ1) is 4.41. The normalized spacial score (nSPS) is 10.4. The van der Waals surface area contributed by atoms with Gasteiger partial charge < -0.3 is 0 Å². The summed E-state index contributed by atoms with van der Waals surface area (Å²) >= 11 is 2.34. The van der Waals surface area contributed by atoms with Crippen molar-refractivity contribution in [1.82, 2.24) is 5.64 Å². The maximum absolute atomic E-state index is 4.89. The number of nitrogens with one attached hydrogen (secondary N) is 1. The van der Waals surface area contributed by atoms with Gasteiger partial charge in [-0.1, -0.05) is 0 Å². The summed E-state index contributed by atoms with van der Waals surface area (Å²) in [5.74, 6) is 0. The van der Waals surface area contributed by atoms with E-state index in [1.54, 1.807) is 0 Å². The zero-order valence-corrected chi connectivity index (χ0v) is 9.51.